The number of halogens is 3. The summed E-state index contributed by atoms with van der Waals surface area (Å²) in [5.74, 6) is -2.15. The van der Waals surface area contributed by atoms with Crippen LogP contribution in [0.2, 0.25) is 0 Å². The topological polar surface area (TPSA) is 93.7 Å². The minimum absolute atomic E-state index is 0.0218. The SMILES string of the molecule is COC(=O)/C=C1/NC[C@@H](OC(=O)c2ccc(C(F)(F)F)cc2)CNC1=O. The number of methoxy groups -OCH3 is 1. The number of carbonyl (C=O) groups excluding carboxylic acids is 3. The van der Waals surface area contributed by atoms with Crippen LogP contribution in [0, 0.1) is 0 Å². The quantitative estimate of drug-likeness (QED) is 0.608. The molecule has 0 spiro atoms. The molecule has 26 heavy (non-hydrogen) atoms. The van der Waals surface area contributed by atoms with Crippen LogP contribution in [0.25, 0.3) is 0 Å². The second kappa shape index (κ2) is 7.89. The smallest absolute Gasteiger partial charge is 0.416 e. The maximum atomic E-state index is 12.5. The van der Waals surface area contributed by atoms with E-state index < -0.39 is 35.7 Å². The van der Waals surface area contributed by atoms with Gasteiger partial charge in [-0.25, -0.2) is 9.59 Å². The van der Waals surface area contributed by atoms with Gasteiger partial charge in [0.25, 0.3) is 5.91 Å². The van der Waals surface area contributed by atoms with Crippen molar-refractivity contribution < 1.29 is 37.0 Å². The second-order valence-electron chi connectivity index (χ2n) is 5.27. The Morgan fingerprint density at radius 1 is 1.15 bits per heavy atom. The third kappa shape index (κ3) is 4.98. The molecule has 10 heteroatoms. The van der Waals surface area contributed by atoms with E-state index >= 15 is 0 Å². The van der Waals surface area contributed by atoms with Crippen LogP contribution in [0.4, 0.5) is 13.2 Å². The molecule has 0 bridgehead atoms. The molecule has 1 saturated heterocycles. The van der Waals surface area contributed by atoms with E-state index in [0.29, 0.717) is 0 Å². The average Bonchev–Trinajstić information content (AvgIpc) is 2.77. The number of benzene rings is 1. The van der Waals surface area contributed by atoms with E-state index in [0.717, 1.165) is 37.5 Å². The molecular formula is C16H15F3N2O5. The molecule has 1 aromatic carbocycles. The van der Waals surface area contributed by atoms with Crippen molar-refractivity contribution >= 4 is 17.8 Å². The molecule has 1 fully saturated rings. The lowest BCUT2D eigenvalue weighted by atomic mass is 10.1. The Bertz CT molecular complexity index is 728. The predicted octanol–water partition coefficient (Wildman–Crippen LogP) is 1.01. The van der Waals surface area contributed by atoms with Crippen molar-refractivity contribution in [1.29, 1.82) is 0 Å². The van der Waals surface area contributed by atoms with Gasteiger partial charge in [-0.2, -0.15) is 13.2 Å². The lowest BCUT2D eigenvalue weighted by Crippen LogP contribution is -2.34. The van der Waals surface area contributed by atoms with Gasteiger partial charge in [-0.3, -0.25) is 4.79 Å². The number of esters is 2. The molecule has 2 N–H and O–H groups in total. The summed E-state index contributed by atoms with van der Waals surface area (Å²) in [6.45, 7) is -0.00926. The summed E-state index contributed by atoms with van der Waals surface area (Å²) in [5.41, 5.74) is -0.987. The first kappa shape index (κ1) is 19.3. The van der Waals surface area contributed by atoms with E-state index in [2.05, 4.69) is 15.4 Å². The van der Waals surface area contributed by atoms with Crippen molar-refractivity contribution in [2.75, 3.05) is 20.2 Å². The Morgan fingerprint density at radius 2 is 1.77 bits per heavy atom. The van der Waals surface area contributed by atoms with E-state index in [1.807, 2.05) is 0 Å². The Balaban J connectivity index is 2.00. The van der Waals surface area contributed by atoms with Crippen LogP contribution in [0.15, 0.2) is 36.0 Å². The van der Waals surface area contributed by atoms with Gasteiger partial charge in [0.2, 0.25) is 0 Å². The minimum atomic E-state index is -4.50. The van der Waals surface area contributed by atoms with Gasteiger partial charge in [0.1, 0.15) is 11.8 Å². The highest BCUT2D eigenvalue weighted by Crippen LogP contribution is 2.29. The Kier molecular flexibility index (Phi) is 5.86. The van der Waals surface area contributed by atoms with Crippen molar-refractivity contribution in [3.63, 3.8) is 0 Å². The Morgan fingerprint density at radius 3 is 2.35 bits per heavy atom. The van der Waals surface area contributed by atoms with Crippen molar-refractivity contribution in [3.05, 3.63) is 47.2 Å². The standard InChI is InChI=1S/C16H15F3N2O5/c1-25-13(22)6-12-14(23)21-8-11(7-20-12)26-15(24)9-2-4-10(5-3-9)16(17,18)19/h2-6,11,20H,7-8H2,1H3,(H,21,23)/b12-6+/t11-/m1/s1. The summed E-state index contributed by atoms with van der Waals surface area (Å²) in [6.07, 6.45) is -4.33. The first-order valence-electron chi connectivity index (χ1n) is 7.40. The lowest BCUT2D eigenvalue weighted by molar-refractivity contribution is -0.137. The summed E-state index contributed by atoms with van der Waals surface area (Å²) in [6, 6.07) is 3.58. The minimum Gasteiger partial charge on any atom is -0.466 e. The van der Waals surface area contributed by atoms with Gasteiger partial charge in [0.05, 0.1) is 37.4 Å². The summed E-state index contributed by atoms with van der Waals surface area (Å²) in [5, 5.41) is 5.11. The fraction of sp³-hybridized carbons (Fsp3) is 0.312. The lowest BCUT2D eigenvalue weighted by Gasteiger charge is -2.15. The molecule has 1 heterocycles. The van der Waals surface area contributed by atoms with E-state index in [9.17, 15) is 27.6 Å². The number of carbonyl (C=O) groups is 3. The first-order valence-corrected chi connectivity index (χ1v) is 7.40. The summed E-state index contributed by atoms with van der Waals surface area (Å²) in [4.78, 5) is 35.0. The molecule has 7 nitrogen and oxygen atoms in total. The molecule has 0 aromatic heterocycles. The molecule has 0 radical (unpaired) electrons. The molecular weight excluding hydrogens is 357 g/mol. The van der Waals surface area contributed by atoms with Gasteiger partial charge < -0.3 is 20.1 Å². The number of amides is 1. The van der Waals surface area contributed by atoms with Crippen molar-refractivity contribution in [2.24, 2.45) is 0 Å². The molecule has 1 aliphatic rings. The van der Waals surface area contributed by atoms with Crippen LogP contribution in [0.1, 0.15) is 15.9 Å². The number of rotatable bonds is 3. The van der Waals surface area contributed by atoms with E-state index in [1.54, 1.807) is 0 Å². The first-order chi connectivity index (χ1) is 12.2. The van der Waals surface area contributed by atoms with Gasteiger partial charge in [0.15, 0.2) is 0 Å². The van der Waals surface area contributed by atoms with E-state index in [1.165, 1.54) is 0 Å². The van der Waals surface area contributed by atoms with Crippen LogP contribution >= 0.6 is 0 Å². The molecule has 1 amide bonds. The number of hydrogen-bond donors (Lipinski definition) is 2. The zero-order valence-electron chi connectivity index (χ0n) is 13.6. The van der Waals surface area contributed by atoms with Crippen molar-refractivity contribution in [2.45, 2.75) is 12.3 Å². The Hall–Kier alpha value is -3.04. The highest BCUT2D eigenvalue weighted by molar-refractivity contribution is 5.99. The summed E-state index contributed by atoms with van der Waals surface area (Å²) in [7, 11) is 1.16. The van der Waals surface area contributed by atoms with Crippen LogP contribution in [-0.4, -0.2) is 44.1 Å². The molecule has 0 saturated carbocycles. The molecule has 1 atom stereocenters. The van der Waals surface area contributed by atoms with Gasteiger partial charge in [-0.1, -0.05) is 0 Å². The van der Waals surface area contributed by atoms with Gasteiger partial charge >= 0.3 is 18.1 Å². The molecule has 1 aliphatic heterocycles. The van der Waals surface area contributed by atoms with Crippen LogP contribution in [0.3, 0.4) is 0 Å². The molecule has 0 aliphatic carbocycles. The predicted molar refractivity (Wildman–Crippen MR) is 81.8 cm³/mol. The van der Waals surface area contributed by atoms with E-state index in [-0.39, 0.29) is 24.4 Å². The second-order valence-corrected chi connectivity index (χ2v) is 5.27. The number of hydrogen-bond acceptors (Lipinski definition) is 6. The van der Waals surface area contributed by atoms with Crippen molar-refractivity contribution in [3.8, 4) is 0 Å². The molecule has 1 aromatic rings. The number of nitrogens with one attached hydrogen (secondary N) is 2. The zero-order chi connectivity index (χ0) is 19.3. The highest BCUT2D eigenvalue weighted by Gasteiger charge is 2.30. The zero-order valence-corrected chi connectivity index (χ0v) is 13.6. The Labute approximate surface area is 146 Å². The van der Waals surface area contributed by atoms with Gasteiger partial charge in [0, 0.05) is 0 Å². The fourth-order valence-electron chi connectivity index (χ4n) is 2.07. The largest absolute Gasteiger partial charge is 0.466 e. The normalized spacial score (nSPS) is 19.2. The van der Waals surface area contributed by atoms with Gasteiger partial charge in [-0.05, 0) is 24.3 Å². The summed E-state index contributed by atoms with van der Waals surface area (Å²) >= 11 is 0. The molecule has 2 rings (SSSR count). The third-order valence-corrected chi connectivity index (χ3v) is 3.44. The monoisotopic (exact) mass is 372 g/mol. The van der Waals surface area contributed by atoms with E-state index in [4.69, 9.17) is 4.74 Å². The molecule has 0 unspecified atom stereocenters. The highest BCUT2D eigenvalue weighted by atomic mass is 19.4. The fourth-order valence-corrected chi connectivity index (χ4v) is 2.07. The van der Waals surface area contributed by atoms with Crippen LogP contribution in [0.5, 0.6) is 0 Å². The van der Waals surface area contributed by atoms with Crippen LogP contribution in [-0.2, 0) is 25.2 Å². The summed E-state index contributed by atoms with van der Waals surface area (Å²) < 4.78 is 47.2. The van der Waals surface area contributed by atoms with Gasteiger partial charge in [-0.15, -0.1) is 0 Å². The number of ether oxygens (including phenoxy) is 2. The third-order valence-electron chi connectivity index (χ3n) is 3.44. The maximum Gasteiger partial charge on any atom is 0.416 e. The van der Waals surface area contributed by atoms with Crippen LogP contribution < -0.4 is 10.6 Å². The average molecular weight is 372 g/mol. The number of alkyl halides is 3. The maximum absolute atomic E-state index is 12.5. The van der Waals surface area contributed by atoms with Crippen molar-refractivity contribution in [1.82, 2.24) is 10.6 Å². The molecule has 140 valence electrons.